The van der Waals surface area contributed by atoms with Crippen LogP contribution in [0.25, 0.3) is 16.9 Å². The number of carbonyl (C=O) groups excluding carboxylic acids is 1. The molecule has 0 atom stereocenters. The maximum atomic E-state index is 13.3. The number of aryl methyl sites for hydroxylation is 1. The molecular weight excluding hydrogens is 317 g/mol. The molecule has 0 bridgehead atoms. The summed E-state index contributed by atoms with van der Waals surface area (Å²) in [5.74, 6) is 0.232. The van der Waals surface area contributed by atoms with Crippen molar-refractivity contribution in [3.8, 4) is 11.3 Å². The van der Waals surface area contributed by atoms with E-state index in [2.05, 4.69) is 10.3 Å². The highest BCUT2D eigenvalue weighted by Gasteiger charge is 2.20. The number of benzene rings is 1. The van der Waals surface area contributed by atoms with Gasteiger partial charge in [-0.05, 0) is 54.3 Å². The zero-order valence-electron chi connectivity index (χ0n) is 14.9. The van der Waals surface area contributed by atoms with Crippen LogP contribution in [0.1, 0.15) is 32.8 Å². The molecule has 0 aliphatic carbocycles. The zero-order valence-corrected chi connectivity index (χ0v) is 14.9. The fraction of sp³-hybridized carbons (Fsp3) is 0.300. The molecule has 2 heterocycles. The van der Waals surface area contributed by atoms with Gasteiger partial charge in [-0.1, -0.05) is 20.8 Å². The number of hydrogen-bond acceptors (Lipinski definition) is 2. The van der Waals surface area contributed by atoms with E-state index in [1.165, 1.54) is 12.1 Å². The summed E-state index contributed by atoms with van der Waals surface area (Å²) < 4.78 is 15.1. The number of nitrogens with one attached hydrogen (secondary N) is 1. The number of rotatable bonds is 3. The van der Waals surface area contributed by atoms with Crippen LogP contribution in [0.5, 0.6) is 0 Å². The number of aromatic nitrogens is 2. The van der Waals surface area contributed by atoms with Crippen molar-refractivity contribution in [2.75, 3.05) is 5.32 Å². The maximum Gasteiger partial charge on any atom is 0.226 e. The molecule has 0 fully saturated rings. The second-order valence-electron chi connectivity index (χ2n) is 7.53. The van der Waals surface area contributed by atoms with Crippen LogP contribution in [-0.2, 0) is 4.79 Å². The van der Waals surface area contributed by atoms with Crippen molar-refractivity contribution in [1.29, 1.82) is 0 Å². The number of amides is 1. The van der Waals surface area contributed by atoms with Gasteiger partial charge in [0.15, 0.2) is 0 Å². The molecule has 0 aliphatic heterocycles. The summed E-state index contributed by atoms with van der Waals surface area (Å²) in [4.78, 5) is 17.1. The lowest BCUT2D eigenvalue weighted by Crippen LogP contribution is -2.20. The molecule has 0 unspecified atom stereocenters. The molecule has 25 heavy (non-hydrogen) atoms. The molecule has 0 spiro atoms. The highest BCUT2D eigenvalue weighted by molar-refractivity contribution is 5.94. The lowest BCUT2D eigenvalue weighted by atomic mass is 9.92. The predicted octanol–water partition coefficient (Wildman–Crippen LogP) is 4.82. The lowest BCUT2D eigenvalue weighted by Gasteiger charge is -2.17. The number of pyridine rings is 1. The second kappa shape index (κ2) is 6.31. The Morgan fingerprint density at radius 2 is 1.88 bits per heavy atom. The van der Waals surface area contributed by atoms with Gasteiger partial charge in [-0.3, -0.25) is 9.20 Å². The Labute approximate surface area is 146 Å². The number of anilines is 1. The summed E-state index contributed by atoms with van der Waals surface area (Å²) in [6.45, 7) is 8.05. The standard InChI is InChI=1S/C20H22FN3O/c1-13-9-10-24-16(11-13)22-18(14-5-7-15(21)8-6-14)19(24)23-17(25)12-20(2,3)4/h5-11H,12H2,1-4H3,(H,23,25). The van der Waals surface area contributed by atoms with Crippen molar-refractivity contribution >= 4 is 17.4 Å². The van der Waals surface area contributed by atoms with Crippen LogP contribution in [0, 0.1) is 18.2 Å². The Bertz CT molecular complexity index is 921. The third kappa shape index (κ3) is 3.87. The van der Waals surface area contributed by atoms with Gasteiger partial charge in [0, 0.05) is 18.2 Å². The summed E-state index contributed by atoms with van der Waals surface area (Å²) in [6, 6.07) is 10.0. The third-order valence-corrected chi connectivity index (χ3v) is 3.85. The molecule has 2 aromatic heterocycles. The Morgan fingerprint density at radius 3 is 2.52 bits per heavy atom. The minimum Gasteiger partial charge on any atom is -0.310 e. The van der Waals surface area contributed by atoms with Crippen LogP contribution < -0.4 is 5.32 Å². The van der Waals surface area contributed by atoms with Crippen molar-refractivity contribution in [3.63, 3.8) is 0 Å². The highest BCUT2D eigenvalue weighted by Crippen LogP contribution is 2.30. The summed E-state index contributed by atoms with van der Waals surface area (Å²) in [5, 5.41) is 2.99. The molecule has 130 valence electrons. The lowest BCUT2D eigenvalue weighted by molar-refractivity contribution is -0.117. The van der Waals surface area contributed by atoms with Gasteiger partial charge in [-0.15, -0.1) is 0 Å². The number of halogens is 1. The van der Waals surface area contributed by atoms with E-state index in [1.807, 2.05) is 50.4 Å². The van der Waals surface area contributed by atoms with Crippen molar-refractivity contribution < 1.29 is 9.18 Å². The predicted molar refractivity (Wildman–Crippen MR) is 98.0 cm³/mol. The van der Waals surface area contributed by atoms with Crippen LogP contribution in [-0.4, -0.2) is 15.3 Å². The first kappa shape index (κ1) is 17.1. The Morgan fingerprint density at radius 1 is 1.20 bits per heavy atom. The SMILES string of the molecule is Cc1ccn2c(NC(=O)CC(C)(C)C)c(-c3ccc(F)cc3)nc2c1. The summed E-state index contributed by atoms with van der Waals surface area (Å²) in [7, 11) is 0. The Kier molecular flexibility index (Phi) is 4.33. The highest BCUT2D eigenvalue weighted by atomic mass is 19.1. The largest absolute Gasteiger partial charge is 0.310 e. The van der Waals surface area contributed by atoms with Gasteiger partial charge < -0.3 is 5.32 Å². The van der Waals surface area contributed by atoms with E-state index in [0.717, 1.165) is 16.8 Å². The molecule has 4 nitrogen and oxygen atoms in total. The number of fused-ring (bicyclic) bond motifs is 1. The average molecular weight is 339 g/mol. The van der Waals surface area contributed by atoms with Crippen molar-refractivity contribution in [2.24, 2.45) is 5.41 Å². The first-order valence-corrected chi connectivity index (χ1v) is 8.27. The van der Waals surface area contributed by atoms with Gasteiger partial charge >= 0.3 is 0 Å². The van der Waals surface area contributed by atoms with Crippen LogP contribution in [0.4, 0.5) is 10.2 Å². The molecule has 3 rings (SSSR count). The first-order chi connectivity index (χ1) is 11.7. The summed E-state index contributed by atoms with van der Waals surface area (Å²) in [6.07, 6.45) is 2.28. The molecule has 0 radical (unpaired) electrons. The van der Waals surface area contributed by atoms with E-state index in [-0.39, 0.29) is 17.1 Å². The van der Waals surface area contributed by atoms with Crippen LogP contribution >= 0.6 is 0 Å². The van der Waals surface area contributed by atoms with E-state index in [4.69, 9.17) is 0 Å². The number of hydrogen-bond donors (Lipinski definition) is 1. The summed E-state index contributed by atoms with van der Waals surface area (Å²) in [5.41, 5.74) is 3.10. The molecule has 5 heteroatoms. The smallest absolute Gasteiger partial charge is 0.226 e. The zero-order chi connectivity index (χ0) is 18.2. The van der Waals surface area contributed by atoms with E-state index < -0.39 is 0 Å². The Hall–Kier alpha value is -2.69. The molecule has 1 amide bonds. The van der Waals surface area contributed by atoms with E-state index in [9.17, 15) is 9.18 Å². The Balaban J connectivity index is 2.09. The average Bonchev–Trinajstić information content (AvgIpc) is 2.83. The molecule has 0 saturated heterocycles. The maximum absolute atomic E-state index is 13.3. The molecular formula is C20H22FN3O. The summed E-state index contributed by atoms with van der Waals surface area (Å²) >= 11 is 0. The number of carbonyl (C=O) groups is 1. The molecule has 3 aromatic rings. The number of nitrogens with zero attached hydrogens (tertiary/aromatic N) is 2. The normalized spacial score (nSPS) is 11.7. The van der Waals surface area contributed by atoms with Gasteiger partial charge in [0.2, 0.25) is 5.91 Å². The van der Waals surface area contributed by atoms with E-state index >= 15 is 0 Å². The van der Waals surface area contributed by atoms with Gasteiger partial charge in [-0.2, -0.15) is 0 Å². The monoisotopic (exact) mass is 339 g/mol. The minimum absolute atomic E-state index is 0.0711. The first-order valence-electron chi connectivity index (χ1n) is 8.27. The van der Waals surface area contributed by atoms with E-state index in [1.54, 1.807) is 12.1 Å². The topological polar surface area (TPSA) is 46.4 Å². The fourth-order valence-electron chi connectivity index (χ4n) is 2.73. The molecule has 0 saturated carbocycles. The third-order valence-electron chi connectivity index (χ3n) is 3.85. The minimum atomic E-state index is -0.304. The number of imidazole rings is 1. The van der Waals surface area contributed by atoms with Gasteiger partial charge in [0.05, 0.1) is 0 Å². The molecule has 0 aliphatic rings. The fourth-order valence-corrected chi connectivity index (χ4v) is 2.73. The van der Waals surface area contributed by atoms with Crippen LogP contribution in [0.15, 0.2) is 42.6 Å². The van der Waals surface area contributed by atoms with Gasteiger partial charge in [-0.25, -0.2) is 9.37 Å². The van der Waals surface area contributed by atoms with Crippen molar-refractivity contribution in [1.82, 2.24) is 9.38 Å². The van der Waals surface area contributed by atoms with Crippen LogP contribution in [0.2, 0.25) is 0 Å². The van der Waals surface area contributed by atoms with E-state index in [0.29, 0.717) is 17.9 Å². The molecule has 1 aromatic carbocycles. The van der Waals surface area contributed by atoms with Crippen molar-refractivity contribution in [2.45, 2.75) is 34.1 Å². The second-order valence-corrected chi connectivity index (χ2v) is 7.53. The quantitative estimate of drug-likeness (QED) is 0.743. The van der Waals surface area contributed by atoms with Crippen molar-refractivity contribution in [3.05, 3.63) is 54.0 Å². The van der Waals surface area contributed by atoms with Gasteiger partial charge in [0.25, 0.3) is 0 Å². The van der Waals surface area contributed by atoms with Gasteiger partial charge in [0.1, 0.15) is 23.0 Å². The molecule has 1 N–H and O–H groups in total. The van der Waals surface area contributed by atoms with Crippen LogP contribution in [0.3, 0.4) is 0 Å².